The monoisotopic (exact) mass is 215 g/mol. The lowest BCUT2D eigenvalue weighted by molar-refractivity contribution is 0.0992. The predicted octanol–water partition coefficient (Wildman–Crippen LogP) is 2.37. The molecule has 4 heteroatoms. The summed E-state index contributed by atoms with van der Waals surface area (Å²) in [6, 6.07) is 5.11. The first-order chi connectivity index (χ1) is 6.04. The van der Waals surface area contributed by atoms with Gasteiger partial charge in [-0.15, -0.1) is 24.2 Å². The maximum Gasteiger partial charge on any atom is 0.182 e. The van der Waals surface area contributed by atoms with E-state index in [2.05, 4.69) is 12.6 Å². The number of hydrogen-bond donors (Lipinski definition) is 2. The minimum Gasteiger partial charge on any atom is -0.397 e. The van der Waals surface area contributed by atoms with Gasteiger partial charge in [0.2, 0.25) is 0 Å². The highest BCUT2D eigenvalue weighted by Gasteiger charge is 2.15. The number of alkyl halides is 1. The number of thiol groups is 1. The van der Waals surface area contributed by atoms with Crippen molar-refractivity contribution >= 4 is 35.7 Å². The van der Waals surface area contributed by atoms with Crippen molar-refractivity contribution in [2.75, 3.05) is 5.73 Å². The topological polar surface area (TPSA) is 43.1 Å². The smallest absolute Gasteiger partial charge is 0.182 e. The number of rotatable bonds is 2. The average Bonchev–Trinajstić information content (AvgIpc) is 2.08. The van der Waals surface area contributed by atoms with Gasteiger partial charge in [0.15, 0.2) is 5.78 Å². The Morgan fingerprint density at radius 3 is 2.77 bits per heavy atom. The zero-order valence-electron chi connectivity index (χ0n) is 7.12. The molecule has 0 heterocycles. The number of hydrogen-bond acceptors (Lipinski definition) is 3. The van der Waals surface area contributed by atoms with Crippen molar-refractivity contribution in [1.29, 1.82) is 0 Å². The van der Waals surface area contributed by atoms with E-state index in [0.29, 0.717) is 16.1 Å². The third-order valence-electron chi connectivity index (χ3n) is 1.71. The van der Waals surface area contributed by atoms with Crippen LogP contribution in [-0.2, 0) is 0 Å². The Morgan fingerprint density at radius 1 is 1.62 bits per heavy atom. The summed E-state index contributed by atoms with van der Waals surface area (Å²) in [7, 11) is 0. The number of carbonyl (C=O) groups excluding carboxylic acids is 1. The molecule has 13 heavy (non-hydrogen) atoms. The summed E-state index contributed by atoms with van der Waals surface area (Å²) in [5.41, 5.74) is 6.50. The Hall–Kier alpha value is -0.670. The highest BCUT2D eigenvalue weighted by Crippen LogP contribution is 2.22. The van der Waals surface area contributed by atoms with E-state index < -0.39 is 5.38 Å². The van der Waals surface area contributed by atoms with E-state index in [1.807, 2.05) is 0 Å². The summed E-state index contributed by atoms with van der Waals surface area (Å²) < 4.78 is 0. The van der Waals surface area contributed by atoms with Crippen LogP contribution in [0.15, 0.2) is 23.1 Å². The van der Waals surface area contributed by atoms with Crippen molar-refractivity contribution in [3.8, 4) is 0 Å². The van der Waals surface area contributed by atoms with Gasteiger partial charge in [-0.05, 0) is 19.1 Å². The van der Waals surface area contributed by atoms with Crippen molar-refractivity contribution in [2.24, 2.45) is 0 Å². The van der Waals surface area contributed by atoms with Gasteiger partial charge in [-0.2, -0.15) is 0 Å². The largest absolute Gasteiger partial charge is 0.397 e. The molecule has 1 unspecified atom stereocenters. The van der Waals surface area contributed by atoms with Crippen LogP contribution < -0.4 is 5.73 Å². The second kappa shape index (κ2) is 4.03. The van der Waals surface area contributed by atoms with Gasteiger partial charge in [-0.3, -0.25) is 4.79 Å². The molecule has 70 valence electrons. The van der Waals surface area contributed by atoms with Gasteiger partial charge < -0.3 is 5.73 Å². The van der Waals surface area contributed by atoms with E-state index in [0.717, 1.165) is 0 Å². The number of anilines is 1. The Kier molecular flexibility index (Phi) is 3.22. The second-order valence-corrected chi connectivity index (χ2v) is 3.86. The van der Waals surface area contributed by atoms with Crippen LogP contribution in [0.5, 0.6) is 0 Å². The summed E-state index contributed by atoms with van der Waals surface area (Å²) in [5.74, 6) is -0.171. The van der Waals surface area contributed by atoms with Crippen molar-refractivity contribution < 1.29 is 4.79 Å². The lowest BCUT2D eigenvalue weighted by Crippen LogP contribution is -2.13. The zero-order chi connectivity index (χ0) is 10.0. The molecule has 0 aromatic heterocycles. The first kappa shape index (κ1) is 10.4. The molecule has 1 rings (SSSR count). The first-order valence-corrected chi connectivity index (χ1v) is 4.68. The number of benzene rings is 1. The number of Topliss-reactive ketones (excluding diaryl/α,β-unsaturated/α-hetero) is 1. The number of nitrogen functional groups attached to an aromatic ring is 1. The van der Waals surface area contributed by atoms with E-state index in [1.54, 1.807) is 25.1 Å². The van der Waals surface area contributed by atoms with Crippen LogP contribution in [0.25, 0.3) is 0 Å². The molecule has 1 atom stereocenters. The third-order valence-corrected chi connectivity index (χ3v) is 2.30. The maximum atomic E-state index is 11.5. The van der Waals surface area contributed by atoms with Gasteiger partial charge in [-0.1, -0.05) is 6.07 Å². The Bertz CT molecular complexity index is 338. The van der Waals surface area contributed by atoms with Gasteiger partial charge >= 0.3 is 0 Å². The zero-order valence-corrected chi connectivity index (χ0v) is 8.77. The van der Waals surface area contributed by atoms with Gasteiger partial charge in [0.1, 0.15) is 0 Å². The van der Waals surface area contributed by atoms with Gasteiger partial charge in [0.25, 0.3) is 0 Å². The van der Waals surface area contributed by atoms with Crippen molar-refractivity contribution in [3.63, 3.8) is 0 Å². The SMILES string of the molecule is CC(Cl)C(=O)c1cccc(S)c1N. The molecular weight excluding hydrogens is 206 g/mol. The molecule has 0 fully saturated rings. The molecule has 0 aliphatic rings. The molecule has 2 N–H and O–H groups in total. The summed E-state index contributed by atoms with van der Waals surface area (Å²) in [4.78, 5) is 12.1. The second-order valence-electron chi connectivity index (χ2n) is 2.72. The normalized spacial score (nSPS) is 12.5. The molecule has 1 aromatic carbocycles. The van der Waals surface area contributed by atoms with Crippen LogP contribution in [0.4, 0.5) is 5.69 Å². The van der Waals surface area contributed by atoms with Crippen LogP contribution in [0.3, 0.4) is 0 Å². The minimum absolute atomic E-state index is 0.171. The van der Waals surface area contributed by atoms with Crippen LogP contribution in [0.2, 0.25) is 0 Å². The fourth-order valence-electron chi connectivity index (χ4n) is 0.982. The fourth-order valence-corrected chi connectivity index (χ4v) is 1.31. The highest BCUT2D eigenvalue weighted by atomic mass is 35.5. The van der Waals surface area contributed by atoms with Gasteiger partial charge in [-0.25, -0.2) is 0 Å². The molecule has 0 saturated carbocycles. The predicted molar refractivity (Wildman–Crippen MR) is 57.8 cm³/mol. The minimum atomic E-state index is -0.558. The summed E-state index contributed by atoms with van der Waals surface area (Å²) in [6.45, 7) is 1.62. The molecule has 0 saturated heterocycles. The number of halogens is 1. The number of ketones is 1. The Balaban J connectivity index is 3.15. The molecule has 0 amide bonds. The molecule has 0 spiro atoms. The Morgan fingerprint density at radius 2 is 2.23 bits per heavy atom. The molecule has 0 aliphatic heterocycles. The molecule has 2 nitrogen and oxygen atoms in total. The lowest BCUT2D eigenvalue weighted by atomic mass is 10.1. The van der Waals surface area contributed by atoms with Crippen molar-refractivity contribution in [1.82, 2.24) is 0 Å². The van der Waals surface area contributed by atoms with Crippen molar-refractivity contribution in [2.45, 2.75) is 17.2 Å². The highest BCUT2D eigenvalue weighted by molar-refractivity contribution is 7.80. The van der Waals surface area contributed by atoms with E-state index in [-0.39, 0.29) is 5.78 Å². The molecule has 0 aliphatic carbocycles. The molecule has 0 bridgehead atoms. The maximum absolute atomic E-state index is 11.5. The van der Waals surface area contributed by atoms with Gasteiger partial charge in [0.05, 0.1) is 11.1 Å². The molecule has 0 radical (unpaired) electrons. The van der Waals surface area contributed by atoms with Gasteiger partial charge in [0, 0.05) is 10.5 Å². The quantitative estimate of drug-likeness (QED) is 0.344. The van der Waals surface area contributed by atoms with E-state index in [9.17, 15) is 4.79 Å². The van der Waals surface area contributed by atoms with E-state index >= 15 is 0 Å². The van der Waals surface area contributed by atoms with Crippen LogP contribution in [0, 0.1) is 0 Å². The fraction of sp³-hybridized carbons (Fsp3) is 0.222. The molecular formula is C9H10ClNOS. The first-order valence-electron chi connectivity index (χ1n) is 3.79. The Labute approximate surface area is 87.5 Å². The summed E-state index contributed by atoms with van der Waals surface area (Å²) in [5, 5.41) is -0.558. The standard InChI is InChI=1S/C9H10ClNOS/c1-5(10)9(12)6-3-2-4-7(13)8(6)11/h2-5,13H,11H2,1H3. The van der Waals surface area contributed by atoms with Crippen molar-refractivity contribution in [3.05, 3.63) is 23.8 Å². The average molecular weight is 216 g/mol. The summed E-state index contributed by atoms with van der Waals surface area (Å²) >= 11 is 9.77. The van der Waals surface area contributed by atoms with Crippen LogP contribution in [-0.4, -0.2) is 11.2 Å². The van der Waals surface area contributed by atoms with Crippen LogP contribution >= 0.6 is 24.2 Å². The number of para-hydroxylation sites is 1. The number of carbonyl (C=O) groups is 1. The van der Waals surface area contributed by atoms with Crippen LogP contribution in [0.1, 0.15) is 17.3 Å². The van der Waals surface area contributed by atoms with E-state index in [4.69, 9.17) is 17.3 Å². The third kappa shape index (κ3) is 2.17. The summed E-state index contributed by atoms with van der Waals surface area (Å²) in [6.07, 6.45) is 0. The molecule has 1 aromatic rings. The lowest BCUT2D eigenvalue weighted by Gasteiger charge is -2.07. The number of nitrogens with two attached hydrogens (primary N) is 1. The van der Waals surface area contributed by atoms with E-state index in [1.165, 1.54) is 0 Å².